The fourth-order valence-electron chi connectivity index (χ4n) is 4.48. The predicted octanol–water partition coefficient (Wildman–Crippen LogP) is 1.06. The maximum absolute atomic E-state index is 11.7. The third kappa shape index (κ3) is 3.24. The van der Waals surface area contributed by atoms with E-state index in [1.807, 2.05) is 33.8 Å². The van der Waals surface area contributed by atoms with Crippen molar-refractivity contribution in [1.82, 2.24) is 5.32 Å². The van der Waals surface area contributed by atoms with Crippen LogP contribution in [0.1, 0.15) is 34.1 Å². The van der Waals surface area contributed by atoms with Crippen molar-refractivity contribution in [2.45, 2.75) is 69.9 Å². The molecule has 4 heterocycles. The average molecular weight is 405 g/mol. The number of ketones is 1. The minimum absolute atomic E-state index is 0.00248. The van der Waals surface area contributed by atoms with Gasteiger partial charge in [0.15, 0.2) is 11.6 Å². The molecule has 2 bridgehead atoms. The van der Waals surface area contributed by atoms with Crippen LogP contribution >= 0.6 is 0 Å². The van der Waals surface area contributed by atoms with Gasteiger partial charge in [-0.1, -0.05) is 24.6 Å². The number of amides is 1. The minimum atomic E-state index is -0.908. The lowest BCUT2D eigenvalue weighted by Gasteiger charge is -2.50. The highest BCUT2D eigenvalue weighted by atomic mass is 16.8. The van der Waals surface area contributed by atoms with Gasteiger partial charge in [0.2, 0.25) is 0 Å². The monoisotopic (exact) mass is 405 g/mol. The number of ether oxygens (including phenoxy) is 3. The number of hydrogen-bond acceptors (Lipinski definition) is 7. The van der Waals surface area contributed by atoms with Gasteiger partial charge in [-0.2, -0.15) is 0 Å². The van der Waals surface area contributed by atoms with E-state index in [1.165, 1.54) is 6.08 Å². The molecule has 4 aliphatic heterocycles. The molecule has 4 rings (SSSR count). The lowest BCUT2D eigenvalue weighted by atomic mass is 9.83. The number of aliphatic hydroxyl groups excluding tert-OH is 2. The predicted molar refractivity (Wildman–Crippen MR) is 102 cm³/mol. The Bertz CT molecular complexity index is 828. The fourth-order valence-corrected chi connectivity index (χ4v) is 4.48. The highest BCUT2D eigenvalue weighted by Gasteiger charge is 2.75. The second kappa shape index (κ2) is 6.77. The third-order valence-corrected chi connectivity index (χ3v) is 6.46. The molecule has 4 saturated heterocycles. The van der Waals surface area contributed by atoms with Crippen LogP contribution in [0.5, 0.6) is 0 Å². The van der Waals surface area contributed by atoms with Crippen molar-refractivity contribution in [1.29, 1.82) is 0 Å². The van der Waals surface area contributed by atoms with Crippen LogP contribution in [-0.2, 0) is 23.8 Å². The molecule has 7 unspecified atom stereocenters. The summed E-state index contributed by atoms with van der Waals surface area (Å²) in [5, 5.41) is 22.9. The highest BCUT2D eigenvalue weighted by Crippen LogP contribution is 2.57. The van der Waals surface area contributed by atoms with Gasteiger partial charge in [0, 0.05) is 12.3 Å². The number of allylic oxidation sites excluding steroid dienone is 3. The van der Waals surface area contributed by atoms with Gasteiger partial charge in [-0.05, 0) is 26.8 Å². The smallest absolute Gasteiger partial charge is 0.259 e. The number of Topliss-reactive ketones (excluding diaryl/α,β-unsaturated/α-hetero) is 1. The topological polar surface area (TPSA) is 118 Å². The van der Waals surface area contributed by atoms with Crippen molar-refractivity contribution in [3.05, 3.63) is 35.1 Å². The van der Waals surface area contributed by atoms with E-state index in [4.69, 9.17) is 14.2 Å². The number of rotatable bonds is 4. The zero-order chi connectivity index (χ0) is 21.1. The first-order chi connectivity index (χ1) is 13.6. The summed E-state index contributed by atoms with van der Waals surface area (Å²) in [6.45, 7) is 7.53. The average Bonchev–Trinajstić information content (AvgIpc) is 3.26. The zero-order valence-corrected chi connectivity index (χ0v) is 17.0. The molecule has 0 spiro atoms. The van der Waals surface area contributed by atoms with Gasteiger partial charge < -0.3 is 29.7 Å². The van der Waals surface area contributed by atoms with Crippen molar-refractivity contribution in [3.63, 3.8) is 0 Å². The Hall–Kier alpha value is -2.00. The first-order valence-corrected chi connectivity index (χ1v) is 9.88. The van der Waals surface area contributed by atoms with Crippen molar-refractivity contribution >= 4 is 11.7 Å². The van der Waals surface area contributed by atoms with Crippen LogP contribution in [0.25, 0.3) is 0 Å². The molecule has 1 amide bonds. The molecule has 158 valence electrons. The number of carbonyl (C=O) groups is 2. The van der Waals surface area contributed by atoms with Crippen molar-refractivity contribution in [3.8, 4) is 0 Å². The largest absolute Gasteiger partial charge is 0.507 e. The van der Waals surface area contributed by atoms with Crippen LogP contribution < -0.4 is 5.32 Å². The molecule has 4 fully saturated rings. The SMILES string of the molecule is CC(C=CC(O)=C1C(=O)CNC1=O)=CC(C)C1CC2OC(C)(O1)C1(C)OC1C2O. The molecule has 0 aromatic heterocycles. The molecular formula is C21H27NO7. The summed E-state index contributed by atoms with van der Waals surface area (Å²) in [7, 11) is 0. The van der Waals surface area contributed by atoms with Crippen LogP contribution in [0.15, 0.2) is 35.1 Å². The maximum atomic E-state index is 11.7. The highest BCUT2D eigenvalue weighted by molar-refractivity contribution is 6.25. The summed E-state index contributed by atoms with van der Waals surface area (Å²) >= 11 is 0. The van der Waals surface area contributed by atoms with Gasteiger partial charge in [-0.25, -0.2) is 0 Å². The molecule has 0 aliphatic carbocycles. The van der Waals surface area contributed by atoms with E-state index in [2.05, 4.69) is 5.32 Å². The normalized spacial score (nSPS) is 44.5. The Morgan fingerprint density at radius 2 is 1.97 bits per heavy atom. The molecular weight excluding hydrogens is 378 g/mol. The Kier molecular flexibility index (Phi) is 4.73. The van der Waals surface area contributed by atoms with Crippen molar-refractivity contribution < 1.29 is 34.0 Å². The molecule has 3 N–H and O–H groups in total. The summed E-state index contributed by atoms with van der Waals surface area (Å²) < 4.78 is 18.0. The van der Waals surface area contributed by atoms with Crippen LogP contribution in [-0.4, -0.2) is 64.3 Å². The number of fused-ring (bicyclic) bond motifs is 4. The van der Waals surface area contributed by atoms with Crippen molar-refractivity contribution in [2.75, 3.05) is 6.54 Å². The Balaban J connectivity index is 1.47. The van der Waals surface area contributed by atoms with Gasteiger partial charge >= 0.3 is 0 Å². The van der Waals surface area contributed by atoms with E-state index in [1.54, 1.807) is 6.08 Å². The lowest BCUT2D eigenvalue weighted by Crippen LogP contribution is -2.64. The van der Waals surface area contributed by atoms with Gasteiger partial charge in [0.05, 0.1) is 18.8 Å². The molecule has 8 nitrogen and oxygen atoms in total. The zero-order valence-electron chi connectivity index (χ0n) is 17.0. The van der Waals surface area contributed by atoms with E-state index in [9.17, 15) is 19.8 Å². The van der Waals surface area contributed by atoms with Gasteiger partial charge in [-0.15, -0.1) is 0 Å². The number of aliphatic hydroxyl groups is 2. The second-order valence-electron chi connectivity index (χ2n) is 8.60. The molecule has 29 heavy (non-hydrogen) atoms. The van der Waals surface area contributed by atoms with E-state index in [0.717, 1.165) is 5.57 Å². The summed E-state index contributed by atoms with van der Waals surface area (Å²) in [5.41, 5.74) is -0.0168. The Morgan fingerprint density at radius 3 is 2.62 bits per heavy atom. The molecule has 0 radical (unpaired) electrons. The summed E-state index contributed by atoms with van der Waals surface area (Å²) in [6.07, 6.45) is 4.09. The number of hydrogen-bond donors (Lipinski definition) is 3. The Morgan fingerprint density at radius 1 is 1.24 bits per heavy atom. The fraction of sp³-hybridized carbons (Fsp3) is 0.619. The van der Waals surface area contributed by atoms with Gasteiger partial charge in [0.1, 0.15) is 29.1 Å². The van der Waals surface area contributed by atoms with Gasteiger partial charge in [-0.3, -0.25) is 9.59 Å². The van der Waals surface area contributed by atoms with Crippen molar-refractivity contribution in [2.24, 2.45) is 5.92 Å². The van der Waals surface area contributed by atoms with Crippen LogP contribution in [0, 0.1) is 5.92 Å². The molecule has 0 saturated carbocycles. The number of carbonyl (C=O) groups excluding carboxylic acids is 2. The standard InChI is InChI=1S/C21H27NO7/c1-10(5-6-12(23)16-13(24)9-22-19(16)26)7-11(2)14-8-15-17(25)18-20(3,29-18)21(4,27-14)28-15/h5-7,11,14-15,17-18,23,25H,8-9H2,1-4H3,(H,22,26). The first-order valence-electron chi connectivity index (χ1n) is 9.88. The second-order valence-corrected chi connectivity index (χ2v) is 8.60. The van der Waals surface area contributed by atoms with Crippen LogP contribution in [0.4, 0.5) is 0 Å². The molecule has 0 aromatic rings. The first kappa shape index (κ1) is 20.3. The summed E-state index contributed by atoms with van der Waals surface area (Å²) in [5.74, 6) is -2.23. The molecule has 8 heteroatoms. The quantitative estimate of drug-likeness (QED) is 0.210. The molecule has 0 aromatic carbocycles. The molecule has 7 atom stereocenters. The summed E-state index contributed by atoms with van der Waals surface area (Å²) in [6, 6.07) is 0. The number of epoxide rings is 1. The molecule has 4 aliphatic rings. The number of nitrogens with one attached hydrogen (secondary N) is 1. The third-order valence-electron chi connectivity index (χ3n) is 6.46. The van der Waals surface area contributed by atoms with Crippen LogP contribution in [0.2, 0.25) is 0 Å². The Labute approximate surface area is 169 Å². The van der Waals surface area contributed by atoms with Gasteiger partial charge in [0.25, 0.3) is 5.91 Å². The minimum Gasteiger partial charge on any atom is -0.507 e. The van der Waals surface area contributed by atoms with E-state index in [-0.39, 0.29) is 42.1 Å². The van der Waals surface area contributed by atoms with E-state index in [0.29, 0.717) is 6.42 Å². The lowest BCUT2D eigenvalue weighted by molar-refractivity contribution is -0.356. The van der Waals surface area contributed by atoms with Crippen LogP contribution in [0.3, 0.4) is 0 Å². The maximum Gasteiger partial charge on any atom is 0.259 e. The van der Waals surface area contributed by atoms with E-state index >= 15 is 0 Å². The summed E-state index contributed by atoms with van der Waals surface area (Å²) in [4.78, 5) is 23.3. The van der Waals surface area contributed by atoms with E-state index < -0.39 is 29.2 Å².